The first kappa shape index (κ1) is 10.5. The van der Waals surface area contributed by atoms with Gasteiger partial charge in [0.1, 0.15) is 5.75 Å². The van der Waals surface area contributed by atoms with Crippen LogP contribution in [0.25, 0.3) is 22.3 Å². The monoisotopic (exact) mass is 237 g/mol. The van der Waals surface area contributed by atoms with E-state index in [1.807, 2.05) is 6.07 Å². The van der Waals surface area contributed by atoms with Crippen molar-refractivity contribution in [3.63, 3.8) is 0 Å². The lowest BCUT2D eigenvalue weighted by molar-refractivity contribution is 0.475. The van der Waals surface area contributed by atoms with Crippen molar-refractivity contribution in [2.75, 3.05) is 5.73 Å². The molecule has 1 heterocycles. The number of aromatic nitrogens is 2. The van der Waals surface area contributed by atoms with Gasteiger partial charge in [-0.15, -0.1) is 0 Å². The predicted octanol–water partition coefficient (Wildman–Crippen LogP) is 2.58. The molecule has 4 heteroatoms. The van der Waals surface area contributed by atoms with Crippen LogP contribution >= 0.6 is 0 Å². The molecule has 0 aliphatic heterocycles. The van der Waals surface area contributed by atoms with Crippen LogP contribution in [0.15, 0.2) is 48.7 Å². The maximum absolute atomic E-state index is 9.26. The van der Waals surface area contributed by atoms with Crippen molar-refractivity contribution in [3.05, 3.63) is 48.7 Å². The van der Waals surface area contributed by atoms with E-state index in [9.17, 15) is 5.11 Å². The standard InChI is InChI=1S/C14H11N3O/c15-10-3-6-12-13(7-10)17-14(8-16-12)9-1-4-11(18)5-2-9/h1-8,18H,15H2. The molecule has 0 atom stereocenters. The highest BCUT2D eigenvalue weighted by Crippen LogP contribution is 2.22. The molecule has 0 aliphatic rings. The number of rotatable bonds is 1. The summed E-state index contributed by atoms with van der Waals surface area (Å²) >= 11 is 0. The van der Waals surface area contributed by atoms with Crippen molar-refractivity contribution in [1.82, 2.24) is 9.97 Å². The molecule has 0 fully saturated rings. The normalized spacial score (nSPS) is 10.7. The summed E-state index contributed by atoms with van der Waals surface area (Å²) in [7, 11) is 0. The van der Waals surface area contributed by atoms with E-state index in [2.05, 4.69) is 9.97 Å². The van der Waals surface area contributed by atoms with Gasteiger partial charge in [-0.05, 0) is 42.5 Å². The lowest BCUT2D eigenvalue weighted by Crippen LogP contribution is -1.90. The maximum Gasteiger partial charge on any atom is 0.115 e. The molecule has 3 N–H and O–H groups in total. The number of fused-ring (bicyclic) bond motifs is 1. The quantitative estimate of drug-likeness (QED) is 0.638. The van der Waals surface area contributed by atoms with E-state index in [-0.39, 0.29) is 5.75 Å². The Morgan fingerprint density at radius 3 is 2.50 bits per heavy atom. The number of nitrogen functional groups attached to an aromatic ring is 1. The number of phenolic OH excluding ortho intramolecular Hbond substituents is 1. The van der Waals surface area contributed by atoms with Gasteiger partial charge in [0.15, 0.2) is 0 Å². The Bertz CT molecular complexity index is 708. The summed E-state index contributed by atoms with van der Waals surface area (Å²) in [4.78, 5) is 8.85. The molecule has 0 radical (unpaired) electrons. The maximum atomic E-state index is 9.26. The molecular weight excluding hydrogens is 226 g/mol. The average molecular weight is 237 g/mol. The minimum Gasteiger partial charge on any atom is -0.508 e. The zero-order chi connectivity index (χ0) is 12.5. The third-order valence-electron chi connectivity index (χ3n) is 2.73. The van der Waals surface area contributed by atoms with Crippen molar-refractivity contribution >= 4 is 16.7 Å². The SMILES string of the molecule is Nc1ccc2ncc(-c3ccc(O)cc3)nc2c1. The van der Waals surface area contributed by atoms with Crippen LogP contribution < -0.4 is 5.73 Å². The van der Waals surface area contributed by atoms with Gasteiger partial charge in [-0.3, -0.25) is 4.98 Å². The van der Waals surface area contributed by atoms with E-state index in [0.29, 0.717) is 5.69 Å². The molecule has 3 aromatic rings. The second-order valence-corrected chi connectivity index (χ2v) is 4.05. The number of phenols is 1. The molecule has 0 unspecified atom stereocenters. The smallest absolute Gasteiger partial charge is 0.115 e. The van der Waals surface area contributed by atoms with Gasteiger partial charge < -0.3 is 10.8 Å². The van der Waals surface area contributed by atoms with Crippen molar-refractivity contribution in [3.8, 4) is 17.0 Å². The third-order valence-corrected chi connectivity index (χ3v) is 2.73. The summed E-state index contributed by atoms with van der Waals surface area (Å²) in [6, 6.07) is 12.3. The molecule has 0 bridgehead atoms. The van der Waals surface area contributed by atoms with E-state index in [1.54, 1.807) is 42.6 Å². The minimum atomic E-state index is 0.233. The zero-order valence-electron chi connectivity index (χ0n) is 9.54. The summed E-state index contributed by atoms with van der Waals surface area (Å²) in [5, 5.41) is 9.26. The molecule has 0 spiro atoms. The highest BCUT2D eigenvalue weighted by Gasteiger charge is 2.03. The summed E-state index contributed by atoms with van der Waals surface area (Å²) in [5.74, 6) is 0.233. The molecule has 0 amide bonds. The fraction of sp³-hybridized carbons (Fsp3) is 0. The Hall–Kier alpha value is -2.62. The lowest BCUT2D eigenvalue weighted by Gasteiger charge is -2.03. The van der Waals surface area contributed by atoms with E-state index in [4.69, 9.17) is 5.73 Å². The van der Waals surface area contributed by atoms with E-state index < -0.39 is 0 Å². The molecule has 0 saturated carbocycles. The predicted molar refractivity (Wildman–Crippen MR) is 71.1 cm³/mol. The first-order chi connectivity index (χ1) is 8.72. The van der Waals surface area contributed by atoms with E-state index in [0.717, 1.165) is 22.3 Å². The number of nitrogens with two attached hydrogens (primary N) is 1. The van der Waals surface area contributed by atoms with Gasteiger partial charge in [-0.25, -0.2) is 4.98 Å². The summed E-state index contributed by atoms with van der Waals surface area (Å²) in [6.45, 7) is 0. The molecule has 18 heavy (non-hydrogen) atoms. The van der Waals surface area contributed by atoms with E-state index in [1.165, 1.54) is 0 Å². The molecule has 1 aromatic heterocycles. The highest BCUT2D eigenvalue weighted by molar-refractivity contribution is 5.80. The topological polar surface area (TPSA) is 72.0 Å². The number of benzene rings is 2. The second kappa shape index (κ2) is 4.00. The van der Waals surface area contributed by atoms with Crippen LogP contribution in [0, 0.1) is 0 Å². The van der Waals surface area contributed by atoms with Crippen LogP contribution in [0.2, 0.25) is 0 Å². The molecule has 2 aromatic carbocycles. The van der Waals surface area contributed by atoms with Crippen molar-refractivity contribution in [1.29, 1.82) is 0 Å². The number of hydrogen-bond acceptors (Lipinski definition) is 4. The second-order valence-electron chi connectivity index (χ2n) is 4.05. The lowest BCUT2D eigenvalue weighted by atomic mass is 10.1. The Morgan fingerprint density at radius 1 is 0.944 bits per heavy atom. The number of hydrogen-bond donors (Lipinski definition) is 2. The Morgan fingerprint density at radius 2 is 1.72 bits per heavy atom. The van der Waals surface area contributed by atoms with Gasteiger partial charge in [0, 0.05) is 11.3 Å². The van der Waals surface area contributed by atoms with Gasteiger partial charge in [0.2, 0.25) is 0 Å². The fourth-order valence-electron chi connectivity index (χ4n) is 1.80. The molecule has 4 nitrogen and oxygen atoms in total. The Labute approximate surface area is 104 Å². The van der Waals surface area contributed by atoms with Crippen LogP contribution in [0.4, 0.5) is 5.69 Å². The van der Waals surface area contributed by atoms with E-state index >= 15 is 0 Å². The highest BCUT2D eigenvalue weighted by atomic mass is 16.3. The van der Waals surface area contributed by atoms with Gasteiger partial charge in [-0.2, -0.15) is 0 Å². The number of aromatic hydroxyl groups is 1. The van der Waals surface area contributed by atoms with Crippen molar-refractivity contribution in [2.45, 2.75) is 0 Å². The van der Waals surface area contributed by atoms with Gasteiger partial charge in [0.25, 0.3) is 0 Å². The van der Waals surface area contributed by atoms with Crippen molar-refractivity contribution < 1.29 is 5.11 Å². The van der Waals surface area contributed by atoms with Crippen LogP contribution in [0.1, 0.15) is 0 Å². The van der Waals surface area contributed by atoms with Crippen LogP contribution in [-0.4, -0.2) is 15.1 Å². The largest absolute Gasteiger partial charge is 0.508 e. The number of anilines is 1. The Kier molecular flexibility index (Phi) is 2.34. The van der Waals surface area contributed by atoms with Gasteiger partial charge >= 0.3 is 0 Å². The number of nitrogens with zero attached hydrogens (tertiary/aromatic N) is 2. The molecule has 88 valence electrons. The molecule has 3 rings (SSSR count). The van der Waals surface area contributed by atoms with Crippen LogP contribution in [0.5, 0.6) is 5.75 Å². The van der Waals surface area contributed by atoms with Gasteiger partial charge in [0.05, 0.1) is 22.9 Å². The summed E-state index contributed by atoms with van der Waals surface area (Å²) in [6.07, 6.45) is 1.71. The third kappa shape index (κ3) is 1.84. The van der Waals surface area contributed by atoms with Gasteiger partial charge in [-0.1, -0.05) is 0 Å². The Balaban J connectivity index is 2.15. The molecule has 0 aliphatic carbocycles. The summed E-state index contributed by atoms with van der Waals surface area (Å²) in [5.41, 5.74) is 9.64. The van der Waals surface area contributed by atoms with Crippen LogP contribution in [-0.2, 0) is 0 Å². The average Bonchev–Trinajstić information content (AvgIpc) is 2.38. The molecular formula is C14H11N3O. The molecule has 0 saturated heterocycles. The fourth-order valence-corrected chi connectivity index (χ4v) is 1.80. The zero-order valence-corrected chi connectivity index (χ0v) is 9.54. The first-order valence-corrected chi connectivity index (χ1v) is 5.54. The van der Waals surface area contributed by atoms with Crippen molar-refractivity contribution in [2.24, 2.45) is 0 Å². The summed E-state index contributed by atoms with van der Waals surface area (Å²) < 4.78 is 0. The minimum absolute atomic E-state index is 0.233. The first-order valence-electron chi connectivity index (χ1n) is 5.54. The van der Waals surface area contributed by atoms with Crippen LogP contribution in [0.3, 0.4) is 0 Å².